The first kappa shape index (κ1) is 31.2. The van der Waals surface area contributed by atoms with Crippen LogP contribution in [0.2, 0.25) is 0 Å². The number of aliphatic imine (C=N–C) groups is 1. The van der Waals surface area contributed by atoms with Gasteiger partial charge in [-0.1, -0.05) is 62.0 Å². The van der Waals surface area contributed by atoms with E-state index in [1.807, 2.05) is 48.5 Å². The van der Waals surface area contributed by atoms with Crippen molar-refractivity contribution < 1.29 is 22.7 Å². The van der Waals surface area contributed by atoms with Gasteiger partial charge < -0.3 is 10.1 Å². The third-order valence-corrected chi connectivity index (χ3v) is 7.85. The highest BCUT2D eigenvalue weighted by atomic mass is 32.2. The second kappa shape index (κ2) is 13.6. The lowest BCUT2D eigenvalue weighted by Crippen LogP contribution is -2.32. The molecule has 0 bridgehead atoms. The number of ether oxygens (including phenoxy) is 1. The molecule has 0 spiro atoms. The number of aryl methyl sites for hydroxylation is 1. The number of amidine groups is 1. The number of hydrogen-bond acceptors (Lipinski definition) is 6. The first-order chi connectivity index (χ1) is 21.1. The minimum absolute atomic E-state index is 0.0164. The molecule has 1 amide bonds. The molecule has 8 nitrogen and oxygen atoms in total. The highest BCUT2D eigenvalue weighted by Crippen LogP contribution is 2.33. The van der Waals surface area contributed by atoms with Crippen molar-refractivity contribution in [2.24, 2.45) is 4.99 Å². The molecule has 2 heterocycles. The standard InChI is InChI=1S/C31H29F3N6O2S2/c1-20(2)25-10-3-4-11-26(25)40-27(41)18-44-30(40)37-29(43)35-16-6-8-21-7-5-9-22(17-21)28-36-19-39(38-28)23-12-14-24(15-13-23)42-31(32,33)34/h3-5,7,9-15,17,19-20H,6,8,16,18H2,1-2H3,(H,35,43). The maximum absolute atomic E-state index is 12.7. The van der Waals surface area contributed by atoms with E-state index < -0.39 is 6.36 Å². The number of hydrogen-bond donors (Lipinski definition) is 1. The van der Waals surface area contributed by atoms with E-state index in [9.17, 15) is 18.0 Å². The van der Waals surface area contributed by atoms with Gasteiger partial charge >= 0.3 is 6.36 Å². The van der Waals surface area contributed by atoms with E-state index >= 15 is 0 Å². The molecule has 1 aromatic heterocycles. The van der Waals surface area contributed by atoms with E-state index in [0.717, 1.165) is 35.2 Å². The minimum atomic E-state index is -4.75. The molecule has 0 atom stereocenters. The highest BCUT2D eigenvalue weighted by molar-refractivity contribution is 8.15. The fraction of sp³-hybridized carbons (Fsp3) is 0.258. The second-order valence-electron chi connectivity index (χ2n) is 10.2. The maximum Gasteiger partial charge on any atom is 0.573 e. The van der Waals surface area contributed by atoms with Crippen molar-refractivity contribution in [2.75, 3.05) is 17.2 Å². The predicted molar refractivity (Wildman–Crippen MR) is 170 cm³/mol. The molecule has 1 aliphatic heterocycles. The first-order valence-corrected chi connectivity index (χ1v) is 15.2. The summed E-state index contributed by atoms with van der Waals surface area (Å²) < 4.78 is 42.7. The number of anilines is 1. The number of thiocarbonyl (C=S) groups is 1. The van der Waals surface area contributed by atoms with Crippen LogP contribution in [0.1, 0.15) is 37.3 Å². The molecule has 0 radical (unpaired) electrons. The van der Waals surface area contributed by atoms with Crippen LogP contribution in [0.4, 0.5) is 18.9 Å². The number of carbonyl (C=O) groups is 1. The average molecular weight is 639 g/mol. The number of thioether (sulfide) groups is 1. The van der Waals surface area contributed by atoms with Crippen molar-refractivity contribution >= 4 is 45.9 Å². The largest absolute Gasteiger partial charge is 0.573 e. The van der Waals surface area contributed by atoms with Crippen LogP contribution in [-0.2, 0) is 11.2 Å². The number of amides is 1. The molecule has 0 aliphatic carbocycles. The summed E-state index contributed by atoms with van der Waals surface area (Å²) in [4.78, 5) is 23.3. The number of nitrogens with zero attached hydrogens (tertiary/aromatic N) is 5. The van der Waals surface area contributed by atoms with Gasteiger partial charge in [0, 0.05) is 12.1 Å². The molecular formula is C31H29F3N6O2S2. The van der Waals surface area contributed by atoms with Crippen molar-refractivity contribution in [1.82, 2.24) is 20.1 Å². The van der Waals surface area contributed by atoms with Crippen molar-refractivity contribution in [3.63, 3.8) is 0 Å². The third-order valence-electron chi connectivity index (χ3n) is 6.69. The third kappa shape index (κ3) is 7.83. The first-order valence-electron chi connectivity index (χ1n) is 13.9. The van der Waals surface area contributed by atoms with Crippen molar-refractivity contribution in [2.45, 2.75) is 39.0 Å². The van der Waals surface area contributed by atoms with Gasteiger partial charge in [-0.3, -0.25) is 9.69 Å². The van der Waals surface area contributed by atoms with Gasteiger partial charge in [0.2, 0.25) is 5.91 Å². The van der Waals surface area contributed by atoms with E-state index in [0.29, 0.717) is 34.1 Å². The van der Waals surface area contributed by atoms with Crippen LogP contribution >= 0.6 is 24.0 Å². The highest BCUT2D eigenvalue weighted by Gasteiger charge is 2.32. The summed E-state index contributed by atoms with van der Waals surface area (Å²) in [7, 11) is 0. The number of rotatable bonds is 9. The molecule has 1 fully saturated rings. The minimum Gasteiger partial charge on any atom is -0.406 e. The Balaban J connectivity index is 1.16. The van der Waals surface area contributed by atoms with Gasteiger partial charge in [0.15, 0.2) is 16.1 Å². The molecule has 1 saturated heterocycles. The Hall–Kier alpha value is -4.23. The summed E-state index contributed by atoms with van der Waals surface area (Å²) in [5.41, 5.74) is 4.37. The zero-order valence-corrected chi connectivity index (χ0v) is 25.5. The summed E-state index contributed by atoms with van der Waals surface area (Å²) in [6.07, 6.45) is -1.69. The van der Waals surface area contributed by atoms with Gasteiger partial charge in [0.05, 0.1) is 17.1 Å². The van der Waals surface area contributed by atoms with E-state index in [2.05, 4.69) is 39.0 Å². The summed E-state index contributed by atoms with van der Waals surface area (Å²) in [6, 6.07) is 21.1. The van der Waals surface area contributed by atoms with Crippen LogP contribution in [-0.4, -0.2) is 49.6 Å². The number of para-hydroxylation sites is 1. The summed E-state index contributed by atoms with van der Waals surface area (Å²) in [5.74, 6) is 0.741. The van der Waals surface area contributed by atoms with Crippen molar-refractivity contribution in [3.05, 3.63) is 90.3 Å². The summed E-state index contributed by atoms with van der Waals surface area (Å²) in [5, 5.41) is 8.57. The SMILES string of the molecule is CC(C)c1ccccc1N1C(=O)CSC1=NC(=S)NCCCc1cccc(-c2ncn(-c3ccc(OC(F)(F)F)cc3)n2)c1. The van der Waals surface area contributed by atoms with E-state index in [-0.39, 0.29) is 17.6 Å². The van der Waals surface area contributed by atoms with Gasteiger partial charge in [-0.15, -0.1) is 18.3 Å². The Kier molecular flexibility index (Phi) is 9.64. The molecule has 1 aliphatic rings. The fourth-order valence-corrected chi connectivity index (χ4v) is 5.77. The van der Waals surface area contributed by atoms with E-state index in [1.54, 1.807) is 4.90 Å². The van der Waals surface area contributed by atoms with Crippen LogP contribution in [0, 0.1) is 0 Å². The number of benzene rings is 3. The van der Waals surface area contributed by atoms with Crippen LogP contribution in [0.25, 0.3) is 17.1 Å². The van der Waals surface area contributed by atoms with Gasteiger partial charge in [-0.05, 0) is 78.5 Å². The average Bonchev–Trinajstić information content (AvgIpc) is 3.62. The van der Waals surface area contributed by atoms with Gasteiger partial charge in [-0.2, -0.15) is 4.99 Å². The van der Waals surface area contributed by atoms with Gasteiger partial charge in [-0.25, -0.2) is 9.67 Å². The topological polar surface area (TPSA) is 84.6 Å². The van der Waals surface area contributed by atoms with Crippen LogP contribution in [0.5, 0.6) is 5.75 Å². The fourth-order valence-electron chi connectivity index (χ4n) is 4.66. The normalized spacial score (nSPS) is 14.5. The lowest BCUT2D eigenvalue weighted by Gasteiger charge is -2.21. The molecule has 0 saturated carbocycles. The molecule has 5 rings (SSSR count). The Bertz CT molecular complexity index is 1670. The zero-order chi connectivity index (χ0) is 31.3. The molecule has 3 aromatic carbocycles. The number of carbonyl (C=O) groups excluding carboxylic acids is 1. The molecule has 1 N–H and O–H groups in total. The smallest absolute Gasteiger partial charge is 0.406 e. The van der Waals surface area contributed by atoms with Crippen molar-refractivity contribution in [3.8, 4) is 22.8 Å². The Morgan fingerprint density at radius 1 is 1.11 bits per heavy atom. The number of nitrogens with one attached hydrogen (secondary N) is 1. The molecule has 13 heteroatoms. The van der Waals surface area contributed by atoms with Crippen molar-refractivity contribution in [1.29, 1.82) is 0 Å². The summed E-state index contributed by atoms with van der Waals surface area (Å²) in [6.45, 7) is 4.79. The zero-order valence-electron chi connectivity index (χ0n) is 23.9. The summed E-state index contributed by atoms with van der Waals surface area (Å²) >= 11 is 6.86. The quantitative estimate of drug-likeness (QED) is 0.158. The maximum atomic E-state index is 12.7. The Morgan fingerprint density at radius 3 is 2.64 bits per heavy atom. The molecule has 0 unspecified atom stereocenters. The van der Waals surface area contributed by atoms with Crippen LogP contribution in [0.15, 0.2) is 84.1 Å². The predicted octanol–water partition coefficient (Wildman–Crippen LogP) is 6.90. The van der Waals surface area contributed by atoms with Crippen LogP contribution in [0.3, 0.4) is 0 Å². The van der Waals surface area contributed by atoms with E-state index in [1.165, 1.54) is 47.0 Å². The lowest BCUT2D eigenvalue weighted by atomic mass is 10.0. The van der Waals surface area contributed by atoms with E-state index in [4.69, 9.17) is 12.2 Å². The molecular weight excluding hydrogens is 610 g/mol. The monoisotopic (exact) mass is 638 g/mol. The lowest BCUT2D eigenvalue weighted by molar-refractivity contribution is -0.274. The van der Waals surface area contributed by atoms with Gasteiger partial charge in [0.25, 0.3) is 0 Å². The number of alkyl halides is 3. The van der Waals surface area contributed by atoms with Crippen LogP contribution < -0.4 is 15.0 Å². The second-order valence-corrected chi connectivity index (χ2v) is 11.5. The van der Waals surface area contributed by atoms with Gasteiger partial charge in [0.1, 0.15) is 12.1 Å². The Labute approximate surface area is 262 Å². The Morgan fingerprint density at radius 2 is 1.89 bits per heavy atom. The molecule has 44 heavy (non-hydrogen) atoms. The molecule has 4 aromatic rings. The molecule has 228 valence electrons. The number of halogens is 3. The number of aromatic nitrogens is 3.